The second-order valence-electron chi connectivity index (χ2n) is 5.94. The lowest BCUT2D eigenvalue weighted by atomic mass is 10.1. The molecule has 1 amide bonds. The summed E-state index contributed by atoms with van der Waals surface area (Å²) >= 11 is 1.24. The Bertz CT molecular complexity index is 763. The summed E-state index contributed by atoms with van der Waals surface area (Å²) < 4.78 is 7.12. The number of rotatable bonds is 7. The fourth-order valence-electron chi connectivity index (χ4n) is 2.72. The molecule has 2 heterocycles. The Morgan fingerprint density at radius 3 is 2.92 bits per heavy atom. The minimum Gasteiger partial charge on any atom is -0.376 e. The van der Waals surface area contributed by atoms with E-state index in [1.165, 1.54) is 17.3 Å². The molecule has 134 valence electrons. The van der Waals surface area contributed by atoms with Crippen LogP contribution in [0.5, 0.6) is 0 Å². The smallest absolute Gasteiger partial charge is 0.344 e. The Morgan fingerprint density at radius 2 is 2.24 bits per heavy atom. The fraction of sp³-hybridized carbons (Fsp3) is 0.471. The van der Waals surface area contributed by atoms with Gasteiger partial charge in [-0.15, -0.1) is 5.10 Å². The number of aromatic nitrogens is 3. The summed E-state index contributed by atoms with van der Waals surface area (Å²) in [6, 6.07) is 7.78. The molecule has 2 aromatic rings. The molecular weight excluding hydrogens is 340 g/mol. The zero-order valence-electron chi connectivity index (χ0n) is 14.2. The summed E-state index contributed by atoms with van der Waals surface area (Å²) in [5, 5.41) is 9.82. The summed E-state index contributed by atoms with van der Waals surface area (Å²) in [5.41, 5.74) is 1.72. The maximum atomic E-state index is 12.1. The number of ether oxygens (including phenoxy) is 1. The number of hydrogen-bond acceptors (Lipinski definition) is 5. The van der Waals surface area contributed by atoms with Gasteiger partial charge in [0.15, 0.2) is 5.16 Å². The van der Waals surface area contributed by atoms with Crippen molar-refractivity contribution in [1.29, 1.82) is 0 Å². The average molecular weight is 362 g/mol. The molecule has 8 heteroatoms. The Balaban J connectivity index is 1.55. The SMILES string of the molecule is CCc1ccc(NC(=O)CSc2n[nH]c(=O)n2C[C@@H]2CCCO2)cc1. The third kappa shape index (κ3) is 4.73. The number of nitrogens with zero attached hydrogens (tertiary/aromatic N) is 2. The number of nitrogens with one attached hydrogen (secondary N) is 2. The number of benzene rings is 1. The lowest BCUT2D eigenvalue weighted by molar-refractivity contribution is -0.113. The van der Waals surface area contributed by atoms with E-state index in [1.807, 2.05) is 24.3 Å². The van der Waals surface area contributed by atoms with Gasteiger partial charge in [0.05, 0.1) is 18.4 Å². The molecule has 25 heavy (non-hydrogen) atoms. The predicted molar refractivity (Wildman–Crippen MR) is 97.0 cm³/mol. The summed E-state index contributed by atoms with van der Waals surface area (Å²) in [5.74, 6) is 0.0547. The van der Waals surface area contributed by atoms with E-state index in [4.69, 9.17) is 4.74 Å². The van der Waals surface area contributed by atoms with Crippen LogP contribution < -0.4 is 11.0 Å². The fourth-order valence-corrected chi connectivity index (χ4v) is 3.47. The van der Waals surface area contributed by atoms with Gasteiger partial charge in [0.25, 0.3) is 0 Å². The monoisotopic (exact) mass is 362 g/mol. The Kier molecular flexibility index (Phi) is 5.93. The lowest BCUT2D eigenvalue weighted by Crippen LogP contribution is -2.25. The molecule has 7 nitrogen and oxygen atoms in total. The largest absolute Gasteiger partial charge is 0.376 e. The zero-order chi connectivity index (χ0) is 17.6. The van der Waals surface area contributed by atoms with Crippen molar-refractivity contribution in [3.63, 3.8) is 0 Å². The van der Waals surface area contributed by atoms with Gasteiger partial charge in [-0.25, -0.2) is 9.89 Å². The number of amides is 1. The molecule has 1 fully saturated rings. The molecule has 0 radical (unpaired) electrons. The number of thioether (sulfide) groups is 1. The Hall–Kier alpha value is -2.06. The molecule has 1 aliphatic rings. The van der Waals surface area contributed by atoms with Crippen LogP contribution in [0.4, 0.5) is 5.69 Å². The Labute approximate surface area is 150 Å². The van der Waals surface area contributed by atoms with Gasteiger partial charge in [0.2, 0.25) is 5.91 Å². The van der Waals surface area contributed by atoms with Crippen LogP contribution in [0.2, 0.25) is 0 Å². The third-order valence-electron chi connectivity index (χ3n) is 4.11. The van der Waals surface area contributed by atoms with Crippen molar-refractivity contribution in [2.75, 3.05) is 17.7 Å². The number of aryl methyl sites for hydroxylation is 1. The third-order valence-corrected chi connectivity index (χ3v) is 5.09. The van der Waals surface area contributed by atoms with E-state index in [9.17, 15) is 9.59 Å². The highest BCUT2D eigenvalue weighted by Gasteiger charge is 2.20. The van der Waals surface area contributed by atoms with Crippen molar-refractivity contribution < 1.29 is 9.53 Å². The van der Waals surface area contributed by atoms with Gasteiger partial charge >= 0.3 is 5.69 Å². The number of hydrogen-bond donors (Lipinski definition) is 2. The number of H-pyrrole nitrogens is 1. The summed E-state index contributed by atoms with van der Waals surface area (Å²) in [6.45, 7) is 3.29. The van der Waals surface area contributed by atoms with Crippen molar-refractivity contribution in [1.82, 2.24) is 14.8 Å². The van der Waals surface area contributed by atoms with Gasteiger partial charge in [-0.3, -0.25) is 9.36 Å². The van der Waals surface area contributed by atoms with Crippen LogP contribution in [0.3, 0.4) is 0 Å². The first kappa shape index (κ1) is 17.8. The van der Waals surface area contributed by atoms with Gasteiger partial charge in [-0.1, -0.05) is 30.8 Å². The maximum Gasteiger partial charge on any atom is 0.344 e. The van der Waals surface area contributed by atoms with E-state index < -0.39 is 0 Å². The molecular formula is C17H22N4O3S. The van der Waals surface area contributed by atoms with Crippen molar-refractivity contribution in [3.05, 3.63) is 40.3 Å². The summed E-state index contributed by atoms with van der Waals surface area (Å²) in [4.78, 5) is 24.0. The minimum absolute atomic E-state index is 0.0422. The van der Waals surface area contributed by atoms with Gasteiger partial charge in [0.1, 0.15) is 0 Å². The van der Waals surface area contributed by atoms with E-state index in [0.717, 1.165) is 31.6 Å². The number of aromatic amines is 1. The number of anilines is 1. The molecule has 1 aromatic carbocycles. The first-order valence-corrected chi connectivity index (χ1v) is 9.42. The normalized spacial score (nSPS) is 16.9. The second-order valence-corrected chi connectivity index (χ2v) is 6.89. The van der Waals surface area contributed by atoms with Crippen LogP contribution in [-0.2, 0) is 22.5 Å². The molecule has 1 atom stereocenters. The van der Waals surface area contributed by atoms with Gasteiger partial charge in [0, 0.05) is 12.3 Å². The highest BCUT2D eigenvalue weighted by Crippen LogP contribution is 2.18. The van der Waals surface area contributed by atoms with Gasteiger partial charge < -0.3 is 10.1 Å². The molecule has 1 saturated heterocycles. The molecule has 0 saturated carbocycles. The molecule has 0 spiro atoms. The van der Waals surface area contributed by atoms with Crippen LogP contribution in [0.15, 0.2) is 34.2 Å². The highest BCUT2D eigenvalue weighted by atomic mass is 32.2. The first-order chi connectivity index (χ1) is 12.2. The predicted octanol–water partition coefficient (Wildman–Crippen LogP) is 2.04. The highest BCUT2D eigenvalue weighted by molar-refractivity contribution is 7.99. The number of carbonyl (C=O) groups excluding carboxylic acids is 1. The second kappa shape index (κ2) is 8.35. The van der Waals surface area contributed by atoms with Gasteiger partial charge in [-0.05, 0) is 37.0 Å². The molecule has 0 aliphatic carbocycles. The quantitative estimate of drug-likeness (QED) is 0.736. The number of carbonyl (C=O) groups is 1. The minimum atomic E-state index is -0.270. The van der Waals surface area contributed by atoms with Crippen molar-refractivity contribution in [2.24, 2.45) is 0 Å². The molecule has 0 bridgehead atoms. The van der Waals surface area contributed by atoms with Crippen LogP contribution in [-0.4, -0.2) is 39.1 Å². The van der Waals surface area contributed by atoms with Crippen LogP contribution in [0.25, 0.3) is 0 Å². The average Bonchev–Trinajstić information content (AvgIpc) is 3.25. The Morgan fingerprint density at radius 1 is 1.44 bits per heavy atom. The van der Waals surface area contributed by atoms with E-state index >= 15 is 0 Å². The molecule has 1 aliphatic heterocycles. The molecule has 1 aromatic heterocycles. The van der Waals surface area contributed by atoms with Crippen molar-refractivity contribution in [2.45, 2.75) is 44.0 Å². The first-order valence-electron chi connectivity index (χ1n) is 8.44. The molecule has 0 unspecified atom stereocenters. The zero-order valence-corrected chi connectivity index (χ0v) is 15.0. The van der Waals surface area contributed by atoms with E-state index in [1.54, 1.807) is 4.57 Å². The molecule has 3 rings (SSSR count). The van der Waals surface area contributed by atoms with E-state index in [2.05, 4.69) is 22.4 Å². The van der Waals surface area contributed by atoms with Crippen molar-refractivity contribution >= 4 is 23.4 Å². The van der Waals surface area contributed by atoms with Gasteiger partial charge in [-0.2, -0.15) is 0 Å². The van der Waals surface area contributed by atoms with Crippen LogP contribution >= 0.6 is 11.8 Å². The summed E-state index contributed by atoms with van der Waals surface area (Å²) in [6.07, 6.45) is 2.96. The maximum absolute atomic E-state index is 12.1. The van der Waals surface area contributed by atoms with Crippen LogP contribution in [0.1, 0.15) is 25.3 Å². The molecule has 2 N–H and O–H groups in total. The van der Waals surface area contributed by atoms with E-state index in [-0.39, 0.29) is 23.5 Å². The van der Waals surface area contributed by atoms with E-state index in [0.29, 0.717) is 11.7 Å². The lowest BCUT2D eigenvalue weighted by Gasteiger charge is -2.11. The van der Waals surface area contributed by atoms with Crippen molar-refractivity contribution in [3.8, 4) is 0 Å². The van der Waals surface area contributed by atoms with Crippen LogP contribution in [0, 0.1) is 0 Å². The summed E-state index contributed by atoms with van der Waals surface area (Å²) in [7, 11) is 0. The topological polar surface area (TPSA) is 89.0 Å². The standard InChI is InChI=1S/C17H22N4O3S/c1-2-12-5-7-13(8-6-12)18-15(22)11-25-17-20-19-16(23)21(17)10-14-4-3-9-24-14/h5-8,14H,2-4,9-11H2,1H3,(H,18,22)(H,19,23)/t14-/m0/s1.